The van der Waals surface area contributed by atoms with Gasteiger partial charge in [0, 0.05) is 6.92 Å². The van der Waals surface area contributed by atoms with E-state index in [9.17, 15) is 9.18 Å². The maximum atomic E-state index is 12.4. The van der Waals surface area contributed by atoms with Gasteiger partial charge in [-0.3, -0.25) is 0 Å². The third-order valence-corrected chi connectivity index (χ3v) is 2.15. The van der Waals surface area contributed by atoms with Gasteiger partial charge in [-0.2, -0.15) is 0 Å². The number of carbonyl (C=O) groups is 1. The molecule has 2 atom stereocenters. The van der Waals surface area contributed by atoms with Crippen LogP contribution < -0.4 is 0 Å². The van der Waals surface area contributed by atoms with Gasteiger partial charge in [0.2, 0.25) is 5.79 Å². The molecule has 5 heteroatoms. The molecule has 2 unspecified atom stereocenters. The van der Waals surface area contributed by atoms with E-state index in [1.165, 1.54) is 0 Å². The number of cyclic esters (lactones) is 2. The molecule has 1 rings (SSSR count). The largest absolute Gasteiger partial charge is 0.510 e. The van der Waals surface area contributed by atoms with E-state index in [0.717, 1.165) is 0 Å². The first-order chi connectivity index (χ1) is 6.44. The van der Waals surface area contributed by atoms with Crippen LogP contribution in [-0.4, -0.2) is 25.2 Å². The summed E-state index contributed by atoms with van der Waals surface area (Å²) in [7, 11) is 0. The Balaban J connectivity index is 2.59. The Bertz CT molecular complexity index is 253. The Morgan fingerprint density at radius 1 is 1.86 bits per heavy atom. The maximum absolute atomic E-state index is 12.4. The smallest absolute Gasteiger partial charge is 0.434 e. The van der Waals surface area contributed by atoms with Crippen LogP contribution in [0, 0.1) is 5.92 Å². The second kappa shape index (κ2) is 3.96. The number of carbonyl (C=O) groups excluding carboxylic acids is 1. The molecule has 0 bridgehead atoms. The van der Waals surface area contributed by atoms with Crippen molar-refractivity contribution in [3.63, 3.8) is 0 Å². The van der Waals surface area contributed by atoms with Crippen LogP contribution in [0.2, 0.25) is 0 Å². The van der Waals surface area contributed by atoms with Gasteiger partial charge in [-0.1, -0.05) is 13.5 Å². The lowest BCUT2D eigenvalue weighted by atomic mass is 10.0. The second-order valence-electron chi connectivity index (χ2n) is 3.39. The van der Waals surface area contributed by atoms with Crippen molar-refractivity contribution < 1.29 is 23.4 Å². The van der Waals surface area contributed by atoms with Crippen LogP contribution in [0.1, 0.15) is 13.8 Å². The lowest BCUT2D eigenvalue weighted by molar-refractivity contribution is -0.255. The fraction of sp³-hybridized carbons (Fsp3) is 0.667. The summed E-state index contributed by atoms with van der Waals surface area (Å²) in [5, 5.41) is 0. The Hall–Kier alpha value is -1.10. The van der Waals surface area contributed by atoms with E-state index in [4.69, 9.17) is 9.47 Å². The molecular weight excluding hydrogens is 191 g/mol. The zero-order valence-corrected chi connectivity index (χ0v) is 8.21. The molecule has 0 spiro atoms. The monoisotopic (exact) mass is 204 g/mol. The molecule has 14 heavy (non-hydrogen) atoms. The molecule has 0 aromatic carbocycles. The van der Waals surface area contributed by atoms with Crippen molar-refractivity contribution in [3.8, 4) is 0 Å². The highest BCUT2D eigenvalue weighted by Crippen LogP contribution is 2.28. The van der Waals surface area contributed by atoms with Crippen molar-refractivity contribution in [1.29, 1.82) is 0 Å². The first-order valence-electron chi connectivity index (χ1n) is 4.27. The van der Waals surface area contributed by atoms with Crippen LogP contribution in [0.3, 0.4) is 0 Å². The van der Waals surface area contributed by atoms with Crippen LogP contribution in [-0.2, 0) is 14.2 Å². The molecule has 0 aromatic heterocycles. The minimum atomic E-state index is -1.13. The Morgan fingerprint density at radius 2 is 2.50 bits per heavy atom. The molecule has 1 aliphatic heterocycles. The summed E-state index contributed by atoms with van der Waals surface area (Å²) >= 11 is 0. The highest BCUT2D eigenvalue weighted by Gasteiger charge is 2.41. The fourth-order valence-corrected chi connectivity index (χ4v) is 1.03. The van der Waals surface area contributed by atoms with Gasteiger partial charge in [-0.05, 0) is 0 Å². The van der Waals surface area contributed by atoms with Crippen LogP contribution in [0.4, 0.5) is 9.18 Å². The van der Waals surface area contributed by atoms with Crippen molar-refractivity contribution in [2.45, 2.75) is 19.6 Å². The number of ether oxygens (including phenoxy) is 3. The minimum absolute atomic E-state index is 0.153. The number of hydrogen-bond acceptors (Lipinski definition) is 4. The van der Waals surface area contributed by atoms with Gasteiger partial charge in [0.15, 0.2) is 0 Å². The van der Waals surface area contributed by atoms with E-state index >= 15 is 0 Å². The molecule has 0 radical (unpaired) electrons. The van der Waals surface area contributed by atoms with Crippen LogP contribution >= 0.6 is 0 Å². The highest BCUT2D eigenvalue weighted by molar-refractivity contribution is 5.61. The summed E-state index contributed by atoms with van der Waals surface area (Å²) in [4.78, 5) is 10.8. The predicted octanol–water partition coefficient (Wildman–Crippen LogP) is 2.01. The molecule has 0 aliphatic carbocycles. The summed E-state index contributed by atoms with van der Waals surface area (Å²) in [5.41, 5.74) is 0. The third kappa shape index (κ3) is 2.45. The Morgan fingerprint density at radius 3 is 3.07 bits per heavy atom. The van der Waals surface area contributed by atoms with Gasteiger partial charge < -0.3 is 14.2 Å². The van der Waals surface area contributed by atoms with Gasteiger partial charge in [-0.25, -0.2) is 9.18 Å². The first kappa shape index (κ1) is 11.0. The van der Waals surface area contributed by atoms with E-state index in [1.807, 2.05) is 0 Å². The lowest BCUT2D eigenvalue weighted by Crippen LogP contribution is -2.47. The lowest BCUT2D eigenvalue weighted by Gasteiger charge is -2.37. The summed E-state index contributed by atoms with van der Waals surface area (Å²) in [6.07, 6.45) is -0.796. The van der Waals surface area contributed by atoms with E-state index < -0.39 is 17.8 Å². The Kier molecular flexibility index (Phi) is 3.10. The van der Waals surface area contributed by atoms with Crippen molar-refractivity contribution in [1.82, 2.24) is 0 Å². The minimum Gasteiger partial charge on any atom is -0.434 e. The summed E-state index contributed by atoms with van der Waals surface area (Å²) < 4.78 is 27.0. The van der Waals surface area contributed by atoms with Crippen LogP contribution in [0.25, 0.3) is 0 Å². The molecule has 0 N–H and O–H groups in total. The normalized spacial score (nSPS) is 31.9. The SMILES string of the molecule is C=C(F)COC1(C)OC(=O)OCC1C. The quantitative estimate of drug-likeness (QED) is 0.659. The second-order valence-corrected chi connectivity index (χ2v) is 3.39. The Labute approximate surface area is 81.6 Å². The molecule has 1 heterocycles. The van der Waals surface area contributed by atoms with E-state index in [0.29, 0.717) is 0 Å². The van der Waals surface area contributed by atoms with Crippen molar-refractivity contribution in [2.75, 3.05) is 13.2 Å². The summed E-state index contributed by atoms with van der Waals surface area (Å²) in [5.74, 6) is -1.90. The zero-order chi connectivity index (χ0) is 10.8. The molecule has 1 fully saturated rings. The number of halogens is 1. The van der Waals surface area contributed by atoms with Crippen molar-refractivity contribution in [3.05, 3.63) is 12.4 Å². The summed E-state index contributed by atoms with van der Waals surface area (Å²) in [6.45, 7) is 6.33. The molecule has 1 aliphatic rings. The molecule has 0 amide bonds. The third-order valence-electron chi connectivity index (χ3n) is 2.15. The highest BCUT2D eigenvalue weighted by atomic mass is 19.1. The van der Waals surface area contributed by atoms with E-state index in [-0.39, 0.29) is 19.1 Å². The average molecular weight is 204 g/mol. The number of hydrogen-bond donors (Lipinski definition) is 0. The van der Waals surface area contributed by atoms with Gasteiger partial charge in [-0.15, -0.1) is 0 Å². The van der Waals surface area contributed by atoms with Gasteiger partial charge in [0.1, 0.15) is 19.0 Å². The van der Waals surface area contributed by atoms with E-state index in [1.54, 1.807) is 13.8 Å². The van der Waals surface area contributed by atoms with E-state index in [2.05, 4.69) is 11.3 Å². The average Bonchev–Trinajstić information content (AvgIpc) is 2.09. The van der Waals surface area contributed by atoms with Gasteiger partial charge >= 0.3 is 6.16 Å². The van der Waals surface area contributed by atoms with Crippen LogP contribution in [0.5, 0.6) is 0 Å². The first-order valence-corrected chi connectivity index (χ1v) is 4.27. The fourth-order valence-electron chi connectivity index (χ4n) is 1.03. The molecule has 1 saturated heterocycles. The van der Waals surface area contributed by atoms with Crippen molar-refractivity contribution >= 4 is 6.16 Å². The predicted molar refractivity (Wildman–Crippen MR) is 46.2 cm³/mol. The molecule has 80 valence electrons. The maximum Gasteiger partial charge on any atom is 0.510 e. The molecular formula is C9H13FO4. The summed E-state index contributed by atoms with van der Waals surface area (Å²) in [6, 6.07) is 0. The van der Waals surface area contributed by atoms with Crippen LogP contribution in [0.15, 0.2) is 12.4 Å². The number of rotatable bonds is 3. The standard InChI is InChI=1S/C9H13FO4/c1-6-4-12-8(11)14-9(6,3)13-5-7(2)10/h6H,2,4-5H2,1,3H3. The van der Waals surface area contributed by atoms with Gasteiger partial charge in [0.05, 0.1) is 5.92 Å². The molecule has 0 aromatic rings. The zero-order valence-electron chi connectivity index (χ0n) is 8.21. The van der Waals surface area contributed by atoms with Crippen molar-refractivity contribution in [2.24, 2.45) is 5.92 Å². The molecule has 4 nitrogen and oxygen atoms in total. The molecule has 0 saturated carbocycles. The van der Waals surface area contributed by atoms with Gasteiger partial charge in [0.25, 0.3) is 0 Å². The topological polar surface area (TPSA) is 44.8 Å².